The Morgan fingerprint density at radius 3 is 2.78 bits per heavy atom. The zero-order valence-corrected chi connectivity index (χ0v) is 13.2. The highest BCUT2D eigenvalue weighted by Crippen LogP contribution is 2.31. The van der Waals surface area contributed by atoms with E-state index < -0.39 is 0 Å². The van der Waals surface area contributed by atoms with Crippen molar-refractivity contribution in [3.63, 3.8) is 0 Å². The van der Waals surface area contributed by atoms with Gasteiger partial charge in [-0.1, -0.05) is 13.8 Å². The highest BCUT2D eigenvalue weighted by Gasteiger charge is 2.32. The van der Waals surface area contributed by atoms with E-state index in [0.29, 0.717) is 11.5 Å². The van der Waals surface area contributed by atoms with E-state index in [1.54, 1.807) is 18.5 Å². The monoisotopic (exact) mass is 312 g/mol. The van der Waals surface area contributed by atoms with Crippen molar-refractivity contribution in [3.05, 3.63) is 46.6 Å². The van der Waals surface area contributed by atoms with Gasteiger partial charge in [0.1, 0.15) is 5.82 Å². The number of aromatic nitrogens is 3. The Morgan fingerprint density at radius 1 is 1.39 bits per heavy atom. The first-order chi connectivity index (χ1) is 11.0. The van der Waals surface area contributed by atoms with Crippen molar-refractivity contribution >= 4 is 5.91 Å². The molecule has 2 heterocycles. The van der Waals surface area contributed by atoms with Gasteiger partial charge in [-0.15, -0.1) is 0 Å². The van der Waals surface area contributed by atoms with Gasteiger partial charge in [0.2, 0.25) is 5.91 Å². The van der Waals surface area contributed by atoms with Gasteiger partial charge >= 0.3 is 0 Å². The van der Waals surface area contributed by atoms with Crippen molar-refractivity contribution in [2.45, 2.75) is 32.7 Å². The number of carbonyl (C=O) groups excluding carboxylic acids is 1. The van der Waals surface area contributed by atoms with Crippen molar-refractivity contribution in [1.82, 2.24) is 20.3 Å². The van der Waals surface area contributed by atoms with Crippen LogP contribution >= 0.6 is 0 Å². The fraction of sp³-hybridized carbons (Fsp3) is 0.412. The lowest BCUT2D eigenvalue weighted by atomic mass is 10.00. The molecule has 1 aliphatic carbocycles. The van der Waals surface area contributed by atoms with E-state index >= 15 is 0 Å². The normalized spacial score (nSPS) is 15.4. The molecule has 0 aliphatic heterocycles. The average molecular weight is 312 g/mol. The summed E-state index contributed by atoms with van der Waals surface area (Å²) in [5.41, 5.74) is 1.08. The predicted octanol–water partition coefficient (Wildman–Crippen LogP) is 2.06. The van der Waals surface area contributed by atoms with E-state index in [1.165, 1.54) is 6.07 Å². The number of rotatable bonds is 5. The molecule has 1 saturated carbocycles. The first-order valence-corrected chi connectivity index (χ1v) is 7.86. The van der Waals surface area contributed by atoms with Gasteiger partial charge in [-0.25, -0.2) is 4.98 Å². The molecular formula is C17H20N4O2. The lowest BCUT2D eigenvalue weighted by Gasteiger charge is -2.22. The van der Waals surface area contributed by atoms with Gasteiger partial charge in [-0.3, -0.25) is 14.6 Å². The molecule has 0 aromatic carbocycles. The van der Waals surface area contributed by atoms with Crippen molar-refractivity contribution in [2.24, 2.45) is 11.8 Å². The first-order valence-electron chi connectivity index (χ1n) is 7.86. The largest absolute Gasteiger partial charge is 0.347 e. The Morgan fingerprint density at radius 2 is 2.17 bits per heavy atom. The molecule has 1 fully saturated rings. The summed E-state index contributed by atoms with van der Waals surface area (Å²) >= 11 is 0. The van der Waals surface area contributed by atoms with Gasteiger partial charge in [0.25, 0.3) is 5.56 Å². The zero-order chi connectivity index (χ0) is 16.4. The number of H-pyrrole nitrogens is 1. The van der Waals surface area contributed by atoms with E-state index in [2.05, 4.69) is 20.3 Å². The molecule has 2 aromatic heterocycles. The Hall–Kier alpha value is -2.50. The molecule has 1 atom stereocenters. The first kappa shape index (κ1) is 15.4. The molecule has 2 N–H and O–H groups in total. The van der Waals surface area contributed by atoms with Crippen molar-refractivity contribution in [3.8, 4) is 11.4 Å². The van der Waals surface area contributed by atoms with Gasteiger partial charge in [0.05, 0.1) is 11.7 Å². The summed E-state index contributed by atoms with van der Waals surface area (Å²) in [6, 6.07) is 4.80. The predicted molar refractivity (Wildman–Crippen MR) is 86.5 cm³/mol. The standard InChI is InChI=1S/C17H20N4O2/c1-10(2)15(21-17(23)11-5-6-11)13-8-14(22)20-16(19-13)12-4-3-7-18-9-12/h3-4,7-11,15H,5-6H2,1-2H3,(H,21,23)(H,19,20,22)/t15-/m0/s1. The molecule has 120 valence electrons. The summed E-state index contributed by atoms with van der Waals surface area (Å²) in [5, 5.41) is 3.03. The van der Waals surface area contributed by atoms with Gasteiger partial charge in [0, 0.05) is 29.9 Å². The molecular weight excluding hydrogens is 292 g/mol. The van der Waals surface area contributed by atoms with Crippen LogP contribution in [-0.4, -0.2) is 20.9 Å². The molecule has 0 bridgehead atoms. The van der Waals surface area contributed by atoms with Gasteiger partial charge < -0.3 is 10.3 Å². The number of nitrogens with zero attached hydrogens (tertiary/aromatic N) is 2. The van der Waals surface area contributed by atoms with Gasteiger partial charge in [0.15, 0.2) is 0 Å². The van der Waals surface area contributed by atoms with Crippen LogP contribution in [0.2, 0.25) is 0 Å². The topological polar surface area (TPSA) is 87.7 Å². The summed E-state index contributed by atoms with van der Waals surface area (Å²) in [5.74, 6) is 0.769. The molecule has 1 aliphatic rings. The maximum Gasteiger partial charge on any atom is 0.251 e. The smallest absolute Gasteiger partial charge is 0.251 e. The van der Waals surface area contributed by atoms with Gasteiger partial charge in [-0.05, 0) is 30.9 Å². The summed E-state index contributed by atoms with van der Waals surface area (Å²) in [6.07, 6.45) is 5.20. The molecule has 0 saturated heterocycles. The maximum absolute atomic E-state index is 12.1. The van der Waals surface area contributed by atoms with Crippen LogP contribution < -0.4 is 10.9 Å². The van der Waals surface area contributed by atoms with Crippen LogP contribution in [0.15, 0.2) is 35.4 Å². The SMILES string of the molecule is CC(C)[C@H](NC(=O)C1CC1)c1cc(=O)[nH]c(-c2cccnc2)n1. The number of aromatic amines is 1. The lowest BCUT2D eigenvalue weighted by molar-refractivity contribution is -0.123. The number of hydrogen-bond acceptors (Lipinski definition) is 4. The van der Waals surface area contributed by atoms with E-state index in [1.807, 2.05) is 19.9 Å². The zero-order valence-electron chi connectivity index (χ0n) is 13.2. The molecule has 0 radical (unpaired) electrons. The van der Waals surface area contributed by atoms with Crippen LogP contribution in [0.1, 0.15) is 38.4 Å². The van der Waals surface area contributed by atoms with Gasteiger partial charge in [-0.2, -0.15) is 0 Å². The van der Waals surface area contributed by atoms with E-state index in [-0.39, 0.29) is 29.3 Å². The summed E-state index contributed by atoms with van der Waals surface area (Å²) in [6.45, 7) is 4.01. The third kappa shape index (κ3) is 3.64. The fourth-order valence-corrected chi connectivity index (χ4v) is 2.47. The average Bonchev–Trinajstić information content (AvgIpc) is 3.37. The molecule has 23 heavy (non-hydrogen) atoms. The Balaban J connectivity index is 1.94. The Bertz CT molecular complexity index is 751. The van der Waals surface area contributed by atoms with E-state index in [0.717, 1.165) is 18.4 Å². The summed E-state index contributed by atoms with van der Waals surface area (Å²) in [4.78, 5) is 35.4. The Labute approximate surface area is 134 Å². The molecule has 6 nitrogen and oxygen atoms in total. The second-order valence-corrected chi connectivity index (χ2v) is 6.27. The van der Waals surface area contributed by atoms with Crippen molar-refractivity contribution in [2.75, 3.05) is 0 Å². The molecule has 3 rings (SSSR count). The van der Waals surface area contributed by atoms with Crippen molar-refractivity contribution in [1.29, 1.82) is 0 Å². The van der Waals surface area contributed by atoms with E-state index in [9.17, 15) is 9.59 Å². The highest BCUT2D eigenvalue weighted by atomic mass is 16.2. The minimum absolute atomic E-state index is 0.0497. The van der Waals surface area contributed by atoms with Crippen LogP contribution in [0, 0.1) is 11.8 Å². The van der Waals surface area contributed by atoms with Crippen LogP contribution in [-0.2, 0) is 4.79 Å². The fourth-order valence-electron chi connectivity index (χ4n) is 2.47. The van der Waals surface area contributed by atoms with Crippen molar-refractivity contribution < 1.29 is 4.79 Å². The van der Waals surface area contributed by atoms with Crippen LogP contribution in [0.4, 0.5) is 0 Å². The quantitative estimate of drug-likeness (QED) is 0.884. The van der Waals surface area contributed by atoms with Crippen LogP contribution in [0.5, 0.6) is 0 Å². The van der Waals surface area contributed by atoms with Crippen LogP contribution in [0.25, 0.3) is 11.4 Å². The number of amides is 1. The minimum Gasteiger partial charge on any atom is -0.347 e. The molecule has 0 spiro atoms. The van der Waals surface area contributed by atoms with Crippen LogP contribution in [0.3, 0.4) is 0 Å². The lowest BCUT2D eigenvalue weighted by Crippen LogP contribution is -2.34. The third-order valence-electron chi connectivity index (χ3n) is 3.93. The number of pyridine rings is 1. The number of hydrogen-bond donors (Lipinski definition) is 2. The second-order valence-electron chi connectivity index (χ2n) is 6.27. The minimum atomic E-state index is -0.277. The highest BCUT2D eigenvalue weighted by molar-refractivity contribution is 5.81. The molecule has 2 aromatic rings. The molecule has 1 amide bonds. The summed E-state index contributed by atoms with van der Waals surface area (Å²) < 4.78 is 0. The second kappa shape index (κ2) is 6.32. The molecule has 6 heteroatoms. The van der Waals surface area contributed by atoms with E-state index in [4.69, 9.17) is 0 Å². The maximum atomic E-state index is 12.1. The third-order valence-corrected chi connectivity index (χ3v) is 3.93. The Kier molecular flexibility index (Phi) is 4.23. The number of carbonyl (C=O) groups is 1. The molecule has 0 unspecified atom stereocenters. The number of nitrogens with one attached hydrogen (secondary N) is 2. The summed E-state index contributed by atoms with van der Waals surface area (Å²) in [7, 11) is 0.